The van der Waals surface area contributed by atoms with E-state index in [2.05, 4.69) is 18.3 Å². The Bertz CT molecular complexity index is 207. The van der Waals surface area contributed by atoms with Crippen LogP contribution < -0.4 is 11.1 Å². The smallest absolute Gasteiger partial charge is 0.312 e. The monoisotopic (exact) mass is 182 g/mol. The molecule has 3 N–H and O–H groups in total. The molecule has 0 saturated heterocycles. The number of allylic oxidation sites excluding steroid dienone is 3. The molecule has 0 heterocycles. The van der Waals surface area contributed by atoms with Gasteiger partial charge < -0.3 is 11.1 Å². The molecule has 13 heavy (non-hydrogen) atoms. The van der Waals surface area contributed by atoms with E-state index in [4.69, 9.17) is 5.73 Å². The van der Waals surface area contributed by atoms with Crippen molar-refractivity contribution in [1.82, 2.24) is 5.32 Å². The first-order valence-corrected chi connectivity index (χ1v) is 4.58. The Hall–Kier alpha value is -1.25. The minimum absolute atomic E-state index is 0.473. The fourth-order valence-electron chi connectivity index (χ4n) is 0.843. The molecule has 0 aliphatic rings. The van der Waals surface area contributed by atoms with Crippen LogP contribution in [0.1, 0.15) is 26.7 Å². The highest BCUT2D eigenvalue weighted by Gasteiger charge is 1.94. The number of carbonyl (C=O) groups excluding carboxylic acids is 1. The second kappa shape index (κ2) is 7.40. The summed E-state index contributed by atoms with van der Waals surface area (Å²) in [5, 5.41) is 2.56. The number of amides is 2. The highest BCUT2D eigenvalue weighted by molar-refractivity contribution is 5.71. The molecule has 0 unspecified atom stereocenters. The van der Waals surface area contributed by atoms with Gasteiger partial charge in [0, 0.05) is 6.54 Å². The van der Waals surface area contributed by atoms with Crippen LogP contribution in [0.25, 0.3) is 0 Å². The van der Waals surface area contributed by atoms with Crippen LogP contribution in [0.15, 0.2) is 23.8 Å². The minimum atomic E-state index is -0.473. The SMILES string of the molecule is CCC=CC=C(CC)CNC(N)=O. The Balaban J connectivity index is 3.93. The highest BCUT2D eigenvalue weighted by Crippen LogP contribution is 1.99. The summed E-state index contributed by atoms with van der Waals surface area (Å²) in [5.41, 5.74) is 6.12. The molecule has 0 aromatic carbocycles. The summed E-state index contributed by atoms with van der Waals surface area (Å²) in [6, 6.07) is -0.473. The number of hydrogen-bond acceptors (Lipinski definition) is 1. The number of nitrogens with two attached hydrogens (primary N) is 1. The number of primary amides is 1. The van der Waals surface area contributed by atoms with Crippen molar-refractivity contribution in [2.24, 2.45) is 5.73 Å². The lowest BCUT2D eigenvalue weighted by molar-refractivity contribution is 0.249. The molecular weight excluding hydrogens is 164 g/mol. The molecule has 2 amide bonds. The number of nitrogens with one attached hydrogen (secondary N) is 1. The summed E-state index contributed by atoms with van der Waals surface area (Å²) in [4.78, 5) is 10.4. The predicted octanol–water partition coefficient (Wildman–Crippen LogP) is 1.96. The van der Waals surface area contributed by atoms with Crippen molar-refractivity contribution in [2.75, 3.05) is 6.54 Å². The average Bonchev–Trinajstić information content (AvgIpc) is 2.10. The molecule has 0 aliphatic heterocycles. The van der Waals surface area contributed by atoms with Gasteiger partial charge in [-0.25, -0.2) is 4.79 Å². The van der Waals surface area contributed by atoms with Gasteiger partial charge in [-0.05, 0) is 12.8 Å². The average molecular weight is 182 g/mol. The molecule has 0 atom stereocenters. The van der Waals surface area contributed by atoms with E-state index in [1.54, 1.807) is 0 Å². The molecule has 3 heteroatoms. The van der Waals surface area contributed by atoms with Gasteiger partial charge in [-0.3, -0.25) is 0 Å². The summed E-state index contributed by atoms with van der Waals surface area (Å²) in [7, 11) is 0. The quantitative estimate of drug-likeness (QED) is 0.627. The van der Waals surface area contributed by atoms with Crippen LogP contribution in [0.2, 0.25) is 0 Å². The molecule has 74 valence electrons. The zero-order chi connectivity index (χ0) is 10.1. The van der Waals surface area contributed by atoms with E-state index < -0.39 is 6.03 Å². The van der Waals surface area contributed by atoms with E-state index in [0.29, 0.717) is 6.54 Å². The van der Waals surface area contributed by atoms with Crippen LogP contribution in [0.3, 0.4) is 0 Å². The van der Waals surface area contributed by atoms with Gasteiger partial charge in [-0.1, -0.05) is 37.6 Å². The molecule has 0 aromatic rings. The van der Waals surface area contributed by atoms with Crippen LogP contribution >= 0.6 is 0 Å². The van der Waals surface area contributed by atoms with E-state index in [0.717, 1.165) is 12.8 Å². The Labute approximate surface area is 79.7 Å². The summed E-state index contributed by atoms with van der Waals surface area (Å²) >= 11 is 0. The predicted molar refractivity (Wildman–Crippen MR) is 55.4 cm³/mol. The van der Waals surface area contributed by atoms with Crippen molar-refractivity contribution in [1.29, 1.82) is 0 Å². The van der Waals surface area contributed by atoms with E-state index >= 15 is 0 Å². The summed E-state index contributed by atoms with van der Waals surface area (Å²) in [5.74, 6) is 0. The molecule has 0 aliphatic carbocycles. The molecule has 0 bridgehead atoms. The Morgan fingerprint density at radius 2 is 2.15 bits per heavy atom. The van der Waals surface area contributed by atoms with Gasteiger partial charge in [0.25, 0.3) is 0 Å². The highest BCUT2D eigenvalue weighted by atomic mass is 16.2. The maximum Gasteiger partial charge on any atom is 0.312 e. The summed E-state index contributed by atoms with van der Waals surface area (Å²) in [6.45, 7) is 4.67. The first-order valence-electron chi connectivity index (χ1n) is 4.58. The Morgan fingerprint density at radius 3 is 2.62 bits per heavy atom. The van der Waals surface area contributed by atoms with Gasteiger partial charge in [0.15, 0.2) is 0 Å². The van der Waals surface area contributed by atoms with Gasteiger partial charge in [0.2, 0.25) is 0 Å². The second-order valence-corrected chi connectivity index (χ2v) is 2.73. The van der Waals surface area contributed by atoms with Gasteiger partial charge in [0.05, 0.1) is 0 Å². The fraction of sp³-hybridized carbons (Fsp3) is 0.500. The third-order valence-electron chi connectivity index (χ3n) is 1.65. The number of urea groups is 1. The van der Waals surface area contributed by atoms with Gasteiger partial charge >= 0.3 is 6.03 Å². The topological polar surface area (TPSA) is 55.1 Å². The maximum absolute atomic E-state index is 10.4. The van der Waals surface area contributed by atoms with Crippen molar-refractivity contribution in [3.8, 4) is 0 Å². The van der Waals surface area contributed by atoms with Crippen LogP contribution in [0.5, 0.6) is 0 Å². The zero-order valence-corrected chi connectivity index (χ0v) is 8.34. The van der Waals surface area contributed by atoms with Crippen molar-refractivity contribution < 1.29 is 4.79 Å². The van der Waals surface area contributed by atoms with Crippen molar-refractivity contribution >= 4 is 6.03 Å². The van der Waals surface area contributed by atoms with Gasteiger partial charge in [0.1, 0.15) is 0 Å². The van der Waals surface area contributed by atoms with Crippen LogP contribution in [-0.4, -0.2) is 12.6 Å². The van der Waals surface area contributed by atoms with Crippen molar-refractivity contribution in [3.05, 3.63) is 23.8 Å². The molecular formula is C10H18N2O. The van der Waals surface area contributed by atoms with Crippen LogP contribution in [-0.2, 0) is 0 Å². The zero-order valence-electron chi connectivity index (χ0n) is 8.34. The lowest BCUT2D eigenvalue weighted by Gasteiger charge is -2.03. The molecule has 0 fully saturated rings. The van der Waals surface area contributed by atoms with Crippen LogP contribution in [0, 0.1) is 0 Å². The maximum atomic E-state index is 10.4. The largest absolute Gasteiger partial charge is 0.352 e. The molecule has 0 saturated carbocycles. The molecule has 0 radical (unpaired) electrons. The van der Waals surface area contributed by atoms with E-state index in [9.17, 15) is 4.79 Å². The third kappa shape index (κ3) is 7.12. The van der Waals surface area contributed by atoms with Gasteiger partial charge in [-0.15, -0.1) is 0 Å². The van der Waals surface area contributed by atoms with Gasteiger partial charge in [-0.2, -0.15) is 0 Å². The number of carbonyl (C=O) groups is 1. The van der Waals surface area contributed by atoms with Crippen LogP contribution in [0.4, 0.5) is 4.79 Å². The normalized spacial score (nSPS) is 12.0. The number of rotatable bonds is 5. The molecule has 0 aromatic heterocycles. The lowest BCUT2D eigenvalue weighted by atomic mass is 10.2. The fourth-order valence-corrected chi connectivity index (χ4v) is 0.843. The minimum Gasteiger partial charge on any atom is -0.352 e. The third-order valence-corrected chi connectivity index (χ3v) is 1.65. The lowest BCUT2D eigenvalue weighted by Crippen LogP contribution is -2.30. The molecule has 0 rings (SSSR count). The summed E-state index contributed by atoms with van der Waals surface area (Å²) in [6.07, 6.45) is 8.03. The first-order chi connectivity index (χ1) is 6.20. The Morgan fingerprint density at radius 1 is 1.46 bits per heavy atom. The van der Waals surface area contributed by atoms with Crippen molar-refractivity contribution in [2.45, 2.75) is 26.7 Å². The number of hydrogen-bond donors (Lipinski definition) is 2. The first kappa shape index (κ1) is 11.8. The summed E-state index contributed by atoms with van der Waals surface area (Å²) < 4.78 is 0. The standard InChI is InChI=1S/C10H18N2O/c1-3-5-6-7-9(4-2)8-12-10(11)13/h5-7H,3-4,8H2,1-2H3,(H3,11,12,13). The van der Waals surface area contributed by atoms with E-state index in [1.165, 1.54) is 5.57 Å². The molecule has 3 nitrogen and oxygen atoms in total. The van der Waals surface area contributed by atoms with Crippen molar-refractivity contribution in [3.63, 3.8) is 0 Å². The Kier molecular flexibility index (Phi) is 6.69. The van der Waals surface area contributed by atoms with E-state index in [1.807, 2.05) is 19.1 Å². The van der Waals surface area contributed by atoms with E-state index in [-0.39, 0.29) is 0 Å². The molecule has 0 spiro atoms. The second-order valence-electron chi connectivity index (χ2n) is 2.73.